The Morgan fingerprint density at radius 2 is 2.14 bits per heavy atom. The first-order chi connectivity index (χ1) is 9.75. The number of aliphatic carboxylic acids is 1. The van der Waals surface area contributed by atoms with Gasteiger partial charge in [-0.25, -0.2) is 12.8 Å². The topological polar surface area (TPSA) is 74.7 Å². The van der Waals surface area contributed by atoms with E-state index in [1.807, 2.05) is 0 Å². The highest BCUT2D eigenvalue weighted by molar-refractivity contribution is 7.89. The highest BCUT2D eigenvalue weighted by atomic mass is 32.2. The first-order valence-electron chi connectivity index (χ1n) is 6.78. The normalized spacial score (nSPS) is 23.4. The molecule has 7 heteroatoms. The average molecular weight is 315 g/mol. The molecule has 1 heterocycles. The van der Waals surface area contributed by atoms with Gasteiger partial charge in [-0.3, -0.25) is 4.79 Å². The van der Waals surface area contributed by atoms with Crippen LogP contribution in [0.15, 0.2) is 23.1 Å². The third-order valence-corrected chi connectivity index (χ3v) is 6.24. The zero-order chi connectivity index (χ0) is 15.8. The quantitative estimate of drug-likeness (QED) is 0.924. The van der Waals surface area contributed by atoms with Gasteiger partial charge in [-0.2, -0.15) is 4.31 Å². The Kier molecular flexibility index (Phi) is 4.08. The maximum atomic E-state index is 13.2. The first-order valence-corrected chi connectivity index (χ1v) is 8.22. The van der Waals surface area contributed by atoms with Crippen molar-refractivity contribution in [2.75, 3.05) is 6.54 Å². The Balaban J connectivity index is 2.55. The lowest BCUT2D eigenvalue weighted by Crippen LogP contribution is -2.52. The summed E-state index contributed by atoms with van der Waals surface area (Å²) in [5, 5.41) is 9.49. The maximum Gasteiger partial charge on any atom is 0.325 e. The molecule has 1 aromatic rings. The smallest absolute Gasteiger partial charge is 0.325 e. The molecular formula is C14H18FNO4S. The van der Waals surface area contributed by atoms with Gasteiger partial charge in [0.05, 0.1) is 4.90 Å². The van der Waals surface area contributed by atoms with E-state index in [-0.39, 0.29) is 29.8 Å². The number of nitrogens with zero attached hydrogens (tertiary/aromatic N) is 1. The minimum atomic E-state index is -3.97. The molecule has 0 aliphatic carbocycles. The minimum Gasteiger partial charge on any atom is -0.480 e. The molecule has 0 bridgehead atoms. The fourth-order valence-corrected chi connectivity index (χ4v) is 5.01. The van der Waals surface area contributed by atoms with E-state index in [0.29, 0.717) is 6.42 Å². The summed E-state index contributed by atoms with van der Waals surface area (Å²) in [6.07, 6.45) is 0.986. The number of halogens is 1. The molecule has 1 saturated heterocycles. The lowest BCUT2D eigenvalue weighted by molar-refractivity contribution is -0.147. The Bertz CT molecular complexity index is 674. The van der Waals surface area contributed by atoms with Gasteiger partial charge in [0.25, 0.3) is 0 Å². The Hall–Kier alpha value is -1.47. The molecule has 1 aliphatic rings. The van der Waals surface area contributed by atoms with Crippen LogP contribution in [0.25, 0.3) is 0 Å². The molecule has 1 unspecified atom stereocenters. The van der Waals surface area contributed by atoms with Gasteiger partial charge < -0.3 is 5.11 Å². The Morgan fingerprint density at radius 3 is 2.67 bits per heavy atom. The number of benzene rings is 1. The Morgan fingerprint density at radius 1 is 1.48 bits per heavy atom. The predicted molar refractivity (Wildman–Crippen MR) is 74.9 cm³/mol. The van der Waals surface area contributed by atoms with Gasteiger partial charge in [-0.05, 0) is 49.9 Å². The Labute approximate surface area is 123 Å². The van der Waals surface area contributed by atoms with Crippen LogP contribution in [0, 0.1) is 12.7 Å². The number of rotatable bonds is 4. The van der Waals surface area contributed by atoms with Crippen molar-refractivity contribution in [2.24, 2.45) is 0 Å². The number of carbonyl (C=O) groups is 1. The van der Waals surface area contributed by atoms with Crippen molar-refractivity contribution >= 4 is 16.0 Å². The van der Waals surface area contributed by atoms with Gasteiger partial charge in [0.2, 0.25) is 10.0 Å². The van der Waals surface area contributed by atoms with E-state index in [9.17, 15) is 22.7 Å². The number of hydrogen-bond donors (Lipinski definition) is 1. The van der Waals surface area contributed by atoms with Gasteiger partial charge >= 0.3 is 5.97 Å². The van der Waals surface area contributed by atoms with Crippen molar-refractivity contribution in [3.8, 4) is 0 Å². The van der Waals surface area contributed by atoms with Crippen molar-refractivity contribution in [2.45, 2.75) is 43.5 Å². The highest BCUT2D eigenvalue weighted by Crippen LogP contribution is 2.38. The molecule has 116 valence electrons. The van der Waals surface area contributed by atoms with E-state index < -0.39 is 27.3 Å². The molecule has 2 rings (SSSR count). The molecule has 0 spiro atoms. The van der Waals surface area contributed by atoms with Crippen LogP contribution in [-0.2, 0) is 14.8 Å². The second-order valence-electron chi connectivity index (χ2n) is 5.28. The maximum absolute atomic E-state index is 13.2. The van der Waals surface area contributed by atoms with Crippen LogP contribution >= 0.6 is 0 Å². The third kappa shape index (κ3) is 2.44. The van der Waals surface area contributed by atoms with Crippen LogP contribution in [0.2, 0.25) is 0 Å². The molecule has 0 aromatic heterocycles. The minimum absolute atomic E-state index is 0.0372. The van der Waals surface area contributed by atoms with Crippen molar-refractivity contribution in [3.63, 3.8) is 0 Å². The summed E-state index contributed by atoms with van der Waals surface area (Å²) in [6, 6.07) is 3.41. The van der Waals surface area contributed by atoms with Crippen molar-refractivity contribution in [3.05, 3.63) is 29.6 Å². The molecule has 1 fully saturated rings. The van der Waals surface area contributed by atoms with Gasteiger partial charge in [0, 0.05) is 6.54 Å². The zero-order valence-corrected chi connectivity index (χ0v) is 12.8. The van der Waals surface area contributed by atoms with Gasteiger partial charge in [-0.15, -0.1) is 0 Å². The van der Waals surface area contributed by atoms with Crippen LogP contribution in [-0.4, -0.2) is 35.9 Å². The largest absolute Gasteiger partial charge is 0.480 e. The molecule has 1 aliphatic heterocycles. The molecule has 1 atom stereocenters. The molecule has 0 radical (unpaired) electrons. The van der Waals surface area contributed by atoms with E-state index in [0.717, 1.165) is 16.4 Å². The second kappa shape index (κ2) is 5.38. The van der Waals surface area contributed by atoms with E-state index >= 15 is 0 Å². The highest BCUT2D eigenvalue weighted by Gasteiger charge is 2.52. The first kappa shape index (κ1) is 15.9. The summed E-state index contributed by atoms with van der Waals surface area (Å²) in [7, 11) is -3.97. The van der Waals surface area contributed by atoms with E-state index in [1.165, 1.54) is 13.0 Å². The van der Waals surface area contributed by atoms with Gasteiger partial charge in [-0.1, -0.05) is 6.92 Å². The van der Waals surface area contributed by atoms with E-state index in [4.69, 9.17) is 0 Å². The molecular weight excluding hydrogens is 297 g/mol. The summed E-state index contributed by atoms with van der Waals surface area (Å²) in [5.41, 5.74) is -1.13. The standard InChI is InChI=1S/C14H18FNO4S/c1-3-14(13(17)18)7-4-8-16(14)21(19,20)12-6-5-11(15)9-10(12)2/h5-6,9H,3-4,7-8H2,1-2H3,(H,17,18). The van der Waals surface area contributed by atoms with Crippen LogP contribution in [0.3, 0.4) is 0 Å². The predicted octanol–water partition coefficient (Wildman–Crippen LogP) is 2.15. The second-order valence-corrected chi connectivity index (χ2v) is 7.11. The number of carboxylic acids is 1. The summed E-state index contributed by atoms with van der Waals surface area (Å²) < 4.78 is 39.8. The third-order valence-electron chi connectivity index (χ3n) is 4.12. The van der Waals surface area contributed by atoms with E-state index in [1.54, 1.807) is 6.92 Å². The molecule has 21 heavy (non-hydrogen) atoms. The van der Waals surface area contributed by atoms with Crippen LogP contribution in [0.5, 0.6) is 0 Å². The van der Waals surface area contributed by atoms with Crippen LogP contribution < -0.4 is 0 Å². The summed E-state index contributed by atoms with van der Waals surface area (Å²) in [4.78, 5) is 11.6. The monoisotopic (exact) mass is 315 g/mol. The summed E-state index contributed by atoms with van der Waals surface area (Å²) in [5.74, 6) is -1.65. The van der Waals surface area contributed by atoms with Crippen molar-refractivity contribution in [1.29, 1.82) is 0 Å². The number of aryl methyl sites for hydroxylation is 1. The van der Waals surface area contributed by atoms with Crippen LogP contribution in [0.1, 0.15) is 31.7 Å². The number of carboxylic acid groups (broad SMARTS) is 1. The lowest BCUT2D eigenvalue weighted by Gasteiger charge is -2.33. The molecule has 0 saturated carbocycles. The zero-order valence-electron chi connectivity index (χ0n) is 12.0. The average Bonchev–Trinajstić information content (AvgIpc) is 2.84. The fraction of sp³-hybridized carbons (Fsp3) is 0.500. The summed E-state index contributed by atoms with van der Waals surface area (Å²) in [6.45, 7) is 3.33. The molecule has 1 aromatic carbocycles. The number of sulfonamides is 1. The van der Waals surface area contributed by atoms with Gasteiger partial charge in [0.15, 0.2) is 0 Å². The van der Waals surface area contributed by atoms with E-state index in [2.05, 4.69) is 0 Å². The number of hydrogen-bond acceptors (Lipinski definition) is 3. The summed E-state index contributed by atoms with van der Waals surface area (Å²) >= 11 is 0. The lowest BCUT2D eigenvalue weighted by atomic mass is 9.95. The molecule has 1 N–H and O–H groups in total. The SMILES string of the molecule is CCC1(C(=O)O)CCCN1S(=O)(=O)c1ccc(F)cc1C. The van der Waals surface area contributed by atoms with Crippen LogP contribution in [0.4, 0.5) is 4.39 Å². The van der Waals surface area contributed by atoms with Crippen molar-refractivity contribution < 1.29 is 22.7 Å². The molecule has 0 amide bonds. The molecule has 5 nitrogen and oxygen atoms in total. The van der Waals surface area contributed by atoms with Crippen molar-refractivity contribution in [1.82, 2.24) is 4.31 Å². The van der Waals surface area contributed by atoms with Gasteiger partial charge in [0.1, 0.15) is 11.4 Å². The fourth-order valence-electron chi connectivity index (χ4n) is 2.94.